The van der Waals surface area contributed by atoms with E-state index in [1.807, 2.05) is 13.8 Å². The SMILES string of the molecule is CC(C)CCNC(=O)C(=O)Nc1ccccc1F. The minimum Gasteiger partial charge on any atom is -0.348 e. The number of rotatable bonds is 4. The number of benzene rings is 1. The number of carbonyl (C=O) groups excluding carboxylic acids is 2. The van der Waals surface area contributed by atoms with Gasteiger partial charge in [-0.3, -0.25) is 9.59 Å². The summed E-state index contributed by atoms with van der Waals surface area (Å²) in [7, 11) is 0. The minimum atomic E-state index is -0.858. The summed E-state index contributed by atoms with van der Waals surface area (Å²) < 4.78 is 13.2. The van der Waals surface area contributed by atoms with Gasteiger partial charge in [-0.1, -0.05) is 26.0 Å². The highest BCUT2D eigenvalue weighted by atomic mass is 19.1. The Hall–Kier alpha value is -1.91. The molecule has 0 saturated carbocycles. The summed E-state index contributed by atoms with van der Waals surface area (Å²) in [5.74, 6) is -1.73. The molecule has 2 N–H and O–H groups in total. The molecule has 0 unspecified atom stereocenters. The van der Waals surface area contributed by atoms with Gasteiger partial charge in [-0.2, -0.15) is 0 Å². The average molecular weight is 252 g/mol. The van der Waals surface area contributed by atoms with Crippen LogP contribution in [0.15, 0.2) is 24.3 Å². The molecule has 0 aliphatic heterocycles. The van der Waals surface area contributed by atoms with Gasteiger partial charge in [0, 0.05) is 6.54 Å². The molecular formula is C13H17FN2O2. The Morgan fingerprint density at radius 2 is 1.89 bits per heavy atom. The van der Waals surface area contributed by atoms with Crippen molar-refractivity contribution in [3.63, 3.8) is 0 Å². The van der Waals surface area contributed by atoms with Crippen molar-refractivity contribution in [1.29, 1.82) is 0 Å². The van der Waals surface area contributed by atoms with Gasteiger partial charge in [0.05, 0.1) is 5.69 Å². The molecule has 98 valence electrons. The minimum absolute atomic E-state index is 0.00140. The second-order valence-corrected chi connectivity index (χ2v) is 4.37. The van der Waals surface area contributed by atoms with Crippen molar-refractivity contribution in [2.75, 3.05) is 11.9 Å². The van der Waals surface area contributed by atoms with E-state index >= 15 is 0 Å². The summed E-state index contributed by atoms with van der Waals surface area (Å²) in [6.07, 6.45) is 0.790. The highest BCUT2D eigenvalue weighted by molar-refractivity contribution is 6.39. The molecule has 5 heteroatoms. The van der Waals surface area contributed by atoms with E-state index in [1.54, 1.807) is 6.07 Å². The van der Waals surface area contributed by atoms with E-state index in [-0.39, 0.29) is 5.69 Å². The number of carbonyl (C=O) groups is 2. The third kappa shape index (κ3) is 4.53. The van der Waals surface area contributed by atoms with E-state index in [1.165, 1.54) is 18.2 Å². The maximum atomic E-state index is 13.2. The quantitative estimate of drug-likeness (QED) is 0.804. The largest absolute Gasteiger partial charge is 0.348 e. The van der Waals surface area contributed by atoms with E-state index in [9.17, 15) is 14.0 Å². The van der Waals surface area contributed by atoms with Crippen LogP contribution >= 0.6 is 0 Å². The number of halogens is 1. The van der Waals surface area contributed by atoms with Gasteiger partial charge >= 0.3 is 11.8 Å². The molecule has 0 bridgehead atoms. The van der Waals surface area contributed by atoms with Crippen molar-refractivity contribution >= 4 is 17.5 Å². The lowest BCUT2D eigenvalue weighted by atomic mass is 10.1. The number of anilines is 1. The summed E-state index contributed by atoms with van der Waals surface area (Å²) in [6.45, 7) is 4.47. The third-order valence-electron chi connectivity index (χ3n) is 2.34. The molecule has 1 rings (SSSR count). The number of hydrogen-bond donors (Lipinski definition) is 2. The lowest BCUT2D eigenvalue weighted by Gasteiger charge is -2.08. The normalized spacial score (nSPS) is 10.2. The first-order chi connectivity index (χ1) is 8.50. The predicted octanol–water partition coefficient (Wildman–Crippen LogP) is 1.93. The van der Waals surface area contributed by atoms with E-state index in [0.29, 0.717) is 12.5 Å². The van der Waals surface area contributed by atoms with E-state index in [2.05, 4.69) is 10.6 Å². The van der Waals surface area contributed by atoms with Crippen LogP contribution in [0.5, 0.6) is 0 Å². The number of amides is 2. The fraction of sp³-hybridized carbons (Fsp3) is 0.385. The lowest BCUT2D eigenvalue weighted by Crippen LogP contribution is -2.36. The molecule has 18 heavy (non-hydrogen) atoms. The van der Waals surface area contributed by atoms with Crippen LogP contribution in [0.2, 0.25) is 0 Å². The molecular weight excluding hydrogens is 235 g/mol. The van der Waals surface area contributed by atoms with Crippen LogP contribution in [0.4, 0.5) is 10.1 Å². The Morgan fingerprint density at radius 3 is 2.50 bits per heavy atom. The predicted molar refractivity (Wildman–Crippen MR) is 67.5 cm³/mol. The maximum Gasteiger partial charge on any atom is 0.313 e. The second-order valence-electron chi connectivity index (χ2n) is 4.37. The van der Waals surface area contributed by atoms with Gasteiger partial charge in [-0.25, -0.2) is 4.39 Å². The van der Waals surface area contributed by atoms with Crippen LogP contribution in [-0.2, 0) is 9.59 Å². The van der Waals surface area contributed by atoms with Gasteiger partial charge in [0.15, 0.2) is 0 Å². The highest BCUT2D eigenvalue weighted by Crippen LogP contribution is 2.11. The molecule has 0 fully saturated rings. The van der Waals surface area contributed by atoms with Crippen molar-refractivity contribution in [3.8, 4) is 0 Å². The molecule has 0 aliphatic rings. The summed E-state index contributed by atoms with van der Waals surface area (Å²) in [4.78, 5) is 22.8. The lowest BCUT2D eigenvalue weighted by molar-refractivity contribution is -0.136. The molecule has 4 nitrogen and oxygen atoms in total. The van der Waals surface area contributed by atoms with Crippen LogP contribution in [-0.4, -0.2) is 18.4 Å². The standard InChI is InChI=1S/C13H17FN2O2/c1-9(2)7-8-15-12(17)13(18)16-11-6-4-3-5-10(11)14/h3-6,9H,7-8H2,1-2H3,(H,15,17)(H,16,18). The molecule has 0 aromatic heterocycles. The van der Waals surface area contributed by atoms with Crippen molar-refractivity contribution in [2.45, 2.75) is 20.3 Å². The Labute approximate surface area is 106 Å². The zero-order valence-corrected chi connectivity index (χ0v) is 10.5. The van der Waals surface area contributed by atoms with Gasteiger partial charge in [0.2, 0.25) is 0 Å². The zero-order valence-electron chi connectivity index (χ0n) is 10.5. The molecule has 0 atom stereocenters. The number of nitrogens with one attached hydrogen (secondary N) is 2. The summed E-state index contributed by atoms with van der Waals surface area (Å²) in [6, 6.07) is 5.70. The third-order valence-corrected chi connectivity index (χ3v) is 2.34. The Bertz CT molecular complexity index is 433. The van der Waals surface area contributed by atoms with E-state index in [4.69, 9.17) is 0 Å². The molecule has 0 spiro atoms. The van der Waals surface area contributed by atoms with Gasteiger partial charge in [0.1, 0.15) is 5.82 Å². The van der Waals surface area contributed by atoms with Gasteiger partial charge < -0.3 is 10.6 Å². The molecule has 0 aliphatic carbocycles. The first-order valence-electron chi connectivity index (χ1n) is 5.84. The topological polar surface area (TPSA) is 58.2 Å². The molecule has 1 aromatic carbocycles. The number of hydrogen-bond acceptors (Lipinski definition) is 2. The Kier molecular flexibility index (Phi) is 5.30. The van der Waals surface area contributed by atoms with Crippen LogP contribution in [0, 0.1) is 11.7 Å². The van der Waals surface area contributed by atoms with Crippen LogP contribution in [0.3, 0.4) is 0 Å². The summed E-state index contributed by atoms with van der Waals surface area (Å²) in [5.41, 5.74) is 0.00140. The van der Waals surface area contributed by atoms with Crippen molar-refractivity contribution in [3.05, 3.63) is 30.1 Å². The average Bonchev–Trinajstić information content (AvgIpc) is 2.31. The first kappa shape index (κ1) is 14.2. The molecule has 0 heterocycles. The molecule has 0 saturated heterocycles. The van der Waals surface area contributed by atoms with Crippen molar-refractivity contribution in [1.82, 2.24) is 5.32 Å². The number of para-hydroxylation sites is 1. The summed E-state index contributed by atoms with van der Waals surface area (Å²) >= 11 is 0. The molecule has 2 amide bonds. The molecule has 0 radical (unpaired) electrons. The fourth-order valence-electron chi connectivity index (χ4n) is 1.30. The van der Waals surface area contributed by atoms with Crippen LogP contribution in [0.1, 0.15) is 20.3 Å². The molecule has 1 aromatic rings. The van der Waals surface area contributed by atoms with E-state index < -0.39 is 17.6 Å². The van der Waals surface area contributed by atoms with Crippen molar-refractivity contribution < 1.29 is 14.0 Å². The second kappa shape index (κ2) is 6.74. The van der Waals surface area contributed by atoms with Crippen molar-refractivity contribution in [2.24, 2.45) is 5.92 Å². The van der Waals surface area contributed by atoms with Gasteiger partial charge in [-0.05, 0) is 24.5 Å². The zero-order chi connectivity index (χ0) is 13.5. The maximum absolute atomic E-state index is 13.2. The fourth-order valence-corrected chi connectivity index (χ4v) is 1.30. The van der Waals surface area contributed by atoms with Crippen LogP contribution < -0.4 is 10.6 Å². The Balaban J connectivity index is 2.46. The smallest absolute Gasteiger partial charge is 0.313 e. The highest BCUT2D eigenvalue weighted by Gasteiger charge is 2.14. The monoisotopic (exact) mass is 252 g/mol. The van der Waals surface area contributed by atoms with Gasteiger partial charge in [-0.15, -0.1) is 0 Å². The van der Waals surface area contributed by atoms with E-state index in [0.717, 1.165) is 6.42 Å². The van der Waals surface area contributed by atoms with Gasteiger partial charge in [0.25, 0.3) is 0 Å². The summed E-state index contributed by atoms with van der Waals surface area (Å²) in [5, 5.41) is 4.70. The first-order valence-corrected chi connectivity index (χ1v) is 5.84. The Morgan fingerprint density at radius 1 is 1.22 bits per heavy atom. The van der Waals surface area contributed by atoms with Crippen LogP contribution in [0.25, 0.3) is 0 Å².